The maximum absolute atomic E-state index is 14.0. The number of aliphatic imine (C=N–C) groups is 2. The highest BCUT2D eigenvalue weighted by atomic mass is 35.5. The Kier molecular flexibility index (Phi) is 5.02. The van der Waals surface area contributed by atoms with Crippen LogP contribution in [-0.4, -0.2) is 19.3 Å². The van der Waals surface area contributed by atoms with Crippen LogP contribution in [0, 0.1) is 5.82 Å². The molecule has 24 heavy (non-hydrogen) atoms. The van der Waals surface area contributed by atoms with E-state index in [4.69, 9.17) is 27.9 Å². The number of halogens is 3. The molecule has 1 aliphatic heterocycles. The van der Waals surface area contributed by atoms with Crippen molar-refractivity contribution in [2.45, 2.75) is 12.3 Å². The highest BCUT2D eigenvalue weighted by Crippen LogP contribution is 2.31. The van der Waals surface area contributed by atoms with Crippen molar-refractivity contribution < 1.29 is 9.13 Å². The van der Waals surface area contributed by atoms with Crippen LogP contribution in [0.15, 0.2) is 40.3 Å². The fourth-order valence-electron chi connectivity index (χ4n) is 2.43. The number of ether oxygens (including phenoxy) is 1. The molecule has 4 nitrogen and oxygen atoms in total. The fourth-order valence-corrected chi connectivity index (χ4v) is 2.81. The van der Waals surface area contributed by atoms with E-state index in [0.717, 1.165) is 16.8 Å². The molecule has 3 rings (SSSR count). The summed E-state index contributed by atoms with van der Waals surface area (Å²) >= 11 is 11.8. The van der Waals surface area contributed by atoms with Gasteiger partial charge in [-0.1, -0.05) is 17.7 Å². The number of alkyl halides is 1. The molecule has 1 heterocycles. The molecular weight excluding hydrogens is 352 g/mol. The zero-order chi connectivity index (χ0) is 17.1. The van der Waals surface area contributed by atoms with Crippen molar-refractivity contribution in [1.82, 2.24) is 0 Å². The number of hydrogen-bond donors (Lipinski definition) is 1. The van der Waals surface area contributed by atoms with Crippen molar-refractivity contribution in [2.75, 3.05) is 12.4 Å². The van der Waals surface area contributed by atoms with Crippen molar-refractivity contribution in [2.24, 2.45) is 9.98 Å². The Morgan fingerprint density at radius 2 is 2.21 bits per heavy atom. The third kappa shape index (κ3) is 3.37. The van der Waals surface area contributed by atoms with Gasteiger partial charge >= 0.3 is 0 Å². The molecule has 1 aliphatic rings. The van der Waals surface area contributed by atoms with E-state index in [1.807, 2.05) is 12.1 Å². The van der Waals surface area contributed by atoms with Crippen LogP contribution >= 0.6 is 23.2 Å². The minimum Gasteiger partial charge on any atom is -0.496 e. The van der Waals surface area contributed by atoms with Gasteiger partial charge in [0.25, 0.3) is 0 Å². The molecule has 0 aliphatic carbocycles. The summed E-state index contributed by atoms with van der Waals surface area (Å²) in [5.74, 6) is 0.932. The summed E-state index contributed by atoms with van der Waals surface area (Å²) in [6.45, 7) is 0. The SMILES string of the molecule is COc1cc2c(cc1CCl)CC(=Nc1cccc(Cl)c1F)N=CN2. The summed E-state index contributed by atoms with van der Waals surface area (Å²) in [7, 11) is 1.59. The zero-order valence-electron chi connectivity index (χ0n) is 12.8. The van der Waals surface area contributed by atoms with E-state index < -0.39 is 5.82 Å². The lowest BCUT2D eigenvalue weighted by molar-refractivity contribution is 0.411. The number of fused-ring (bicyclic) bond motifs is 1. The molecule has 7 heteroatoms. The van der Waals surface area contributed by atoms with Gasteiger partial charge in [0, 0.05) is 23.7 Å². The molecule has 0 amide bonds. The van der Waals surface area contributed by atoms with Crippen LogP contribution in [0.5, 0.6) is 5.75 Å². The van der Waals surface area contributed by atoms with Crippen LogP contribution in [0.25, 0.3) is 0 Å². The second kappa shape index (κ2) is 7.20. The summed E-state index contributed by atoms with van der Waals surface area (Å²) < 4.78 is 19.4. The Hall–Kier alpha value is -2.11. The smallest absolute Gasteiger partial charge is 0.167 e. The Balaban J connectivity index is 2.00. The normalized spacial score (nSPS) is 14.9. The van der Waals surface area contributed by atoms with Crippen molar-refractivity contribution in [1.29, 1.82) is 0 Å². The number of rotatable bonds is 3. The highest BCUT2D eigenvalue weighted by molar-refractivity contribution is 6.31. The molecule has 0 unspecified atom stereocenters. The van der Waals surface area contributed by atoms with Gasteiger partial charge in [0.2, 0.25) is 0 Å². The van der Waals surface area contributed by atoms with Crippen molar-refractivity contribution in [3.63, 3.8) is 0 Å². The van der Waals surface area contributed by atoms with Crippen LogP contribution in [0.1, 0.15) is 11.1 Å². The molecular formula is C17H14Cl2FN3O. The van der Waals surface area contributed by atoms with Gasteiger partial charge in [-0.3, -0.25) is 0 Å². The van der Waals surface area contributed by atoms with E-state index in [9.17, 15) is 4.39 Å². The molecule has 0 atom stereocenters. The number of anilines is 1. The predicted octanol–water partition coefficient (Wildman–Crippen LogP) is 4.95. The van der Waals surface area contributed by atoms with Gasteiger partial charge in [-0.15, -0.1) is 11.6 Å². The third-order valence-electron chi connectivity index (χ3n) is 3.61. The molecule has 124 valence electrons. The van der Waals surface area contributed by atoms with Gasteiger partial charge in [0.15, 0.2) is 5.82 Å². The van der Waals surface area contributed by atoms with E-state index in [0.29, 0.717) is 23.9 Å². The topological polar surface area (TPSA) is 46.0 Å². The number of nitrogens with zero attached hydrogens (tertiary/aromatic N) is 2. The second-order valence-electron chi connectivity index (χ2n) is 5.14. The van der Waals surface area contributed by atoms with Crippen molar-refractivity contribution in [3.8, 4) is 5.75 Å². The number of benzene rings is 2. The lowest BCUT2D eigenvalue weighted by atomic mass is 10.0. The quantitative estimate of drug-likeness (QED) is 0.781. The minimum absolute atomic E-state index is 0.0298. The summed E-state index contributed by atoms with van der Waals surface area (Å²) in [4.78, 5) is 8.54. The molecule has 0 radical (unpaired) electrons. The van der Waals surface area contributed by atoms with E-state index in [1.165, 1.54) is 12.4 Å². The van der Waals surface area contributed by atoms with Gasteiger partial charge < -0.3 is 10.1 Å². The minimum atomic E-state index is -0.560. The van der Waals surface area contributed by atoms with Crippen molar-refractivity contribution >= 4 is 46.8 Å². The maximum Gasteiger partial charge on any atom is 0.167 e. The molecule has 0 spiro atoms. The van der Waals surface area contributed by atoms with Crippen LogP contribution in [-0.2, 0) is 12.3 Å². The lowest BCUT2D eigenvalue weighted by Crippen LogP contribution is -2.01. The van der Waals surface area contributed by atoms with Gasteiger partial charge in [-0.05, 0) is 23.8 Å². The number of nitrogens with one attached hydrogen (secondary N) is 1. The van der Waals surface area contributed by atoms with Crippen LogP contribution in [0.4, 0.5) is 15.8 Å². The molecule has 0 bridgehead atoms. The number of amidine groups is 1. The Morgan fingerprint density at radius 3 is 2.96 bits per heavy atom. The van der Waals surface area contributed by atoms with E-state index in [1.54, 1.807) is 19.2 Å². The lowest BCUT2D eigenvalue weighted by Gasteiger charge is -2.12. The standard InChI is InChI=1S/C17H14Cl2FN3O/c1-24-15-7-14-10(5-11(15)8-18)6-16(22-9-21-14)23-13-4-2-3-12(19)17(13)20/h2-5,7,9H,6,8H2,1H3,(H,21,22,23). The van der Waals surface area contributed by atoms with Crippen molar-refractivity contribution in [3.05, 3.63) is 52.3 Å². The number of methoxy groups -OCH3 is 1. The average molecular weight is 366 g/mol. The first-order chi connectivity index (χ1) is 11.6. The first kappa shape index (κ1) is 16.7. The third-order valence-corrected chi connectivity index (χ3v) is 4.19. The Bertz CT molecular complexity index is 837. The number of hydrogen-bond acceptors (Lipinski definition) is 3. The van der Waals surface area contributed by atoms with Gasteiger partial charge in [0.05, 0.1) is 24.4 Å². The predicted molar refractivity (Wildman–Crippen MR) is 96.9 cm³/mol. The van der Waals surface area contributed by atoms with E-state index >= 15 is 0 Å². The summed E-state index contributed by atoms with van der Waals surface area (Å²) in [6, 6.07) is 8.48. The van der Waals surface area contributed by atoms with Crippen LogP contribution in [0.3, 0.4) is 0 Å². The zero-order valence-corrected chi connectivity index (χ0v) is 14.3. The summed E-state index contributed by atoms with van der Waals surface area (Å²) in [5.41, 5.74) is 2.82. The molecule has 0 saturated carbocycles. The van der Waals surface area contributed by atoms with Gasteiger partial charge in [-0.25, -0.2) is 14.4 Å². The monoisotopic (exact) mass is 365 g/mol. The highest BCUT2D eigenvalue weighted by Gasteiger charge is 2.15. The van der Waals surface area contributed by atoms with Crippen LogP contribution in [0.2, 0.25) is 5.02 Å². The summed E-state index contributed by atoms with van der Waals surface area (Å²) in [5, 5.41) is 3.11. The van der Waals surface area contributed by atoms with E-state index in [2.05, 4.69) is 15.3 Å². The van der Waals surface area contributed by atoms with Gasteiger partial charge in [-0.2, -0.15) is 0 Å². The maximum atomic E-state index is 14.0. The van der Waals surface area contributed by atoms with Crippen LogP contribution < -0.4 is 10.1 Å². The molecule has 0 aromatic heterocycles. The molecule has 2 aromatic rings. The second-order valence-corrected chi connectivity index (χ2v) is 5.81. The molecule has 0 fully saturated rings. The summed E-state index contributed by atoms with van der Waals surface area (Å²) in [6.07, 6.45) is 1.95. The van der Waals surface area contributed by atoms with E-state index in [-0.39, 0.29) is 10.7 Å². The molecule has 2 aromatic carbocycles. The molecule has 0 saturated heterocycles. The first-order valence-corrected chi connectivity index (χ1v) is 8.10. The Morgan fingerprint density at radius 1 is 1.38 bits per heavy atom. The van der Waals surface area contributed by atoms with Gasteiger partial charge in [0.1, 0.15) is 17.3 Å². The average Bonchev–Trinajstić information content (AvgIpc) is 2.78. The largest absolute Gasteiger partial charge is 0.496 e. The Labute approximate surface area is 149 Å². The first-order valence-electron chi connectivity index (χ1n) is 7.18. The fraction of sp³-hybridized carbons (Fsp3) is 0.176. The molecule has 1 N–H and O–H groups in total.